The van der Waals surface area contributed by atoms with Crippen molar-refractivity contribution in [1.82, 2.24) is 5.32 Å². The quantitative estimate of drug-likeness (QED) is 0.141. The number of nitrogens with one attached hydrogen (secondary N) is 1. The topological polar surface area (TPSA) is 145 Å². The second kappa shape index (κ2) is 17.4. The summed E-state index contributed by atoms with van der Waals surface area (Å²) < 4.78 is 35.6. The van der Waals surface area contributed by atoms with E-state index in [4.69, 9.17) is 33.2 Å². The molecule has 0 radical (unpaired) electrons. The van der Waals surface area contributed by atoms with E-state index in [0.717, 1.165) is 0 Å². The van der Waals surface area contributed by atoms with Crippen LogP contribution in [-0.4, -0.2) is 64.0 Å². The average Bonchev–Trinajstić information content (AvgIpc) is 2.93. The molecule has 0 aliphatic carbocycles. The molecule has 0 spiro atoms. The molecule has 0 unspecified atom stereocenters. The molecule has 0 fully saturated rings. The van der Waals surface area contributed by atoms with Gasteiger partial charge in [0.15, 0.2) is 11.5 Å². The summed E-state index contributed by atoms with van der Waals surface area (Å²) in [5, 5.41) is 2.96. The molecule has 2 aromatic carbocycles. The molecule has 41 heavy (non-hydrogen) atoms. The van der Waals surface area contributed by atoms with Gasteiger partial charge in [-0.3, -0.25) is 4.79 Å². The van der Waals surface area contributed by atoms with Gasteiger partial charge in [-0.15, -0.1) is 0 Å². The number of benzene rings is 2. The van der Waals surface area contributed by atoms with Crippen LogP contribution in [0.15, 0.2) is 48.5 Å². The van der Waals surface area contributed by atoms with Gasteiger partial charge in [-0.05, 0) is 48.1 Å². The molecule has 0 amide bonds. The Morgan fingerprint density at radius 3 is 1.90 bits per heavy atom. The zero-order chi connectivity index (χ0) is 30.2. The van der Waals surface area contributed by atoms with Gasteiger partial charge in [0, 0.05) is 6.54 Å². The van der Waals surface area contributed by atoms with Crippen LogP contribution in [0.2, 0.25) is 0 Å². The van der Waals surface area contributed by atoms with Gasteiger partial charge in [0.1, 0.15) is 18.4 Å². The fraction of sp³-hybridized carbons (Fsp3) is 0.448. The highest BCUT2D eigenvalue weighted by atomic mass is 16.7. The molecule has 0 aromatic heterocycles. The highest BCUT2D eigenvalue weighted by Gasteiger charge is 2.22. The van der Waals surface area contributed by atoms with Gasteiger partial charge in [-0.2, -0.15) is 0 Å². The molecule has 12 nitrogen and oxygen atoms in total. The van der Waals surface area contributed by atoms with E-state index in [9.17, 15) is 19.2 Å². The van der Waals surface area contributed by atoms with Gasteiger partial charge >= 0.3 is 24.4 Å². The molecular formula is C29H37NO11. The van der Waals surface area contributed by atoms with E-state index < -0.39 is 30.5 Å². The Labute approximate surface area is 239 Å². The smallest absolute Gasteiger partial charge is 0.468 e. The van der Waals surface area contributed by atoms with E-state index >= 15 is 0 Å². The van der Waals surface area contributed by atoms with Crippen LogP contribution in [0.5, 0.6) is 17.2 Å². The number of para-hydroxylation sites is 1. The number of ether oxygens (including phenoxy) is 7. The third-order valence-electron chi connectivity index (χ3n) is 5.05. The zero-order valence-corrected chi connectivity index (χ0v) is 23.9. The third-order valence-corrected chi connectivity index (χ3v) is 5.05. The van der Waals surface area contributed by atoms with Crippen molar-refractivity contribution in [2.75, 3.05) is 33.5 Å². The Morgan fingerprint density at radius 1 is 0.732 bits per heavy atom. The summed E-state index contributed by atoms with van der Waals surface area (Å²) in [5.74, 6) is -0.246. The summed E-state index contributed by atoms with van der Waals surface area (Å²) in [7, 11) is 1.24. The van der Waals surface area contributed by atoms with Crippen LogP contribution >= 0.6 is 0 Å². The van der Waals surface area contributed by atoms with E-state index in [1.54, 1.807) is 36.4 Å². The molecule has 0 bridgehead atoms. The molecule has 0 heterocycles. The second-order valence-electron chi connectivity index (χ2n) is 9.64. The van der Waals surface area contributed by atoms with E-state index in [0.29, 0.717) is 11.3 Å². The lowest BCUT2D eigenvalue weighted by molar-refractivity contribution is -0.143. The molecule has 0 saturated heterocycles. The van der Waals surface area contributed by atoms with Crippen molar-refractivity contribution in [2.24, 2.45) is 11.8 Å². The van der Waals surface area contributed by atoms with Crippen molar-refractivity contribution in [3.05, 3.63) is 54.1 Å². The first-order chi connectivity index (χ1) is 19.6. The van der Waals surface area contributed by atoms with E-state index in [-0.39, 0.29) is 56.1 Å². The van der Waals surface area contributed by atoms with E-state index in [1.807, 2.05) is 27.7 Å². The van der Waals surface area contributed by atoms with Gasteiger partial charge in [0.05, 0.1) is 20.3 Å². The number of hydrogen-bond acceptors (Lipinski definition) is 12. The molecule has 2 rings (SSSR count). The number of carbonyl (C=O) groups is 4. The Kier molecular flexibility index (Phi) is 13.9. The fourth-order valence-corrected chi connectivity index (χ4v) is 3.15. The predicted octanol–water partition coefficient (Wildman–Crippen LogP) is 4.92. The summed E-state index contributed by atoms with van der Waals surface area (Å²) in [4.78, 5) is 48.7. The minimum atomic E-state index is -0.988. The summed E-state index contributed by atoms with van der Waals surface area (Å²) in [6, 6.07) is 12.0. The van der Waals surface area contributed by atoms with Gasteiger partial charge < -0.3 is 38.5 Å². The van der Waals surface area contributed by atoms with Crippen LogP contribution in [0.4, 0.5) is 14.4 Å². The minimum Gasteiger partial charge on any atom is -0.468 e. The Morgan fingerprint density at radius 2 is 1.32 bits per heavy atom. The standard InChI is InChI=1S/C29H37NO11/c1-19(2)17-37-28(33)40-24-12-11-21(16-25(24)41-29(34)38-18-20(3)4)15-23(26(31)35-5)30-13-14-36-27(32)39-22-9-7-6-8-10-22/h6-12,16,19-20,23,30H,13-15,17-18H2,1-5H3/t23-/m0/s1. The van der Waals surface area contributed by atoms with Crippen LogP contribution < -0.4 is 19.5 Å². The molecule has 1 atom stereocenters. The lowest BCUT2D eigenvalue weighted by atomic mass is 10.1. The number of esters is 1. The first-order valence-corrected chi connectivity index (χ1v) is 13.1. The van der Waals surface area contributed by atoms with Crippen molar-refractivity contribution >= 4 is 24.4 Å². The maximum atomic E-state index is 12.4. The molecular weight excluding hydrogens is 538 g/mol. The van der Waals surface area contributed by atoms with Crippen LogP contribution in [-0.2, 0) is 30.2 Å². The van der Waals surface area contributed by atoms with E-state index in [1.165, 1.54) is 19.2 Å². The number of rotatable bonds is 14. The zero-order valence-electron chi connectivity index (χ0n) is 23.9. The van der Waals surface area contributed by atoms with Gasteiger partial charge in [-0.1, -0.05) is 52.0 Å². The van der Waals surface area contributed by atoms with Crippen molar-refractivity contribution in [3.63, 3.8) is 0 Å². The molecule has 12 heteroatoms. The Hall–Kier alpha value is -4.32. The van der Waals surface area contributed by atoms with Crippen molar-refractivity contribution in [1.29, 1.82) is 0 Å². The average molecular weight is 576 g/mol. The monoisotopic (exact) mass is 575 g/mol. The van der Waals surface area contributed by atoms with E-state index in [2.05, 4.69) is 5.32 Å². The first-order valence-electron chi connectivity index (χ1n) is 13.1. The third kappa shape index (κ3) is 13.1. The predicted molar refractivity (Wildman–Crippen MR) is 146 cm³/mol. The largest absolute Gasteiger partial charge is 0.513 e. The van der Waals surface area contributed by atoms with Crippen molar-refractivity contribution in [3.8, 4) is 17.2 Å². The number of hydrogen-bond donors (Lipinski definition) is 1. The lowest BCUT2D eigenvalue weighted by Gasteiger charge is -2.18. The van der Waals surface area contributed by atoms with Crippen molar-refractivity contribution < 1.29 is 52.3 Å². The maximum absolute atomic E-state index is 12.4. The molecule has 1 N–H and O–H groups in total. The molecule has 0 saturated carbocycles. The molecule has 224 valence electrons. The Balaban J connectivity index is 2.06. The van der Waals surface area contributed by atoms with Crippen LogP contribution in [0.25, 0.3) is 0 Å². The van der Waals surface area contributed by atoms with Crippen LogP contribution in [0.1, 0.15) is 33.3 Å². The molecule has 0 aliphatic rings. The highest BCUT2D eigenvalue weighted by molar-refractivity contribution is 5.76. The summed E-state index contributed by atoms with van der Waals surface area (Å²) in [5.41, 5.74) is 0.534. The normalized spacial score (nSPS) is 11.4. The first kappa shape index (κ1) is 32.9. The fourth-order valence-electron chi connectivity index (χ4n) is 3.15. The summed E-state index contributed by atoms with van der Waals surface area (Å²) >= 11 is 0. The molecule has 2 aromatic rings. The van der Waals surface area contributed by atoms with Crippen LogP contribution in [0.3, 0.4) is 0 Å². The number of carbonyl (C=O) groups excluding carboxylic acids is 4. The van der Waals surface area contributed by atoms with Gasteiger partial charge in [0.2, 0.25) is 0 Å². The Bertz CT molecular complexity index is 1130. The summed E-state index contributed by atoms with van der Waals surface area (Å²) in [6.45, 7) is 7.77. The van der Waals surface area contributed by atoms with Crippen LogP contribution in [0, 0.1) is 11.8 Å². The second-order valence-corrected chi connectivity index (χ2v) is 9.64. The number of methoxy groups -OCH3 is 1. The van der Waals surface area contributed by atoms with Gasteiger partial charge in [0.25, 0.3) is 0 Å². The SMILES string of the molecule is COC(=O)[C@H](Cc1ccc(OC(=O)OCC(C)C)c(OC(=O)OCC(C)C)c1)NCCOC(=O)Oc1ccccc1. The van der Waals surface area contributed by atoms with Gasteiger partial charge in [-0.25, -0.2) is 14.4 Å². The highest BCUT2D eigenvalue weighted by Crippen LogP contribution is 2.30. The maximum Gasteiger partial charge on any atom is 0.513 e. The molecule has 0 aliphatic heterocycles. The lowest BCUT2D eigenvalue weighted by Crippen LogP contribution is -2.41. The summed E-state index contributed by atoms with van der Waals surface area (Å²) in [6.07, 6.45) is -2.75. The minimum absolute atomic E-state index is 0.0723. The van der Waals surface area contributed by atoms with Crippen molar-refractivity contribution in [2.45, 2.75) is 40.2 Å².